The number of benzene rings is 2. The first-order valence-electron chi connectivity index (χ1n) is 9.44. The molecule has 2 aromatic carbocycles. The van der Waals surface area contributed by atoms with Crippen molar-refractivity contribution in [3.05, 3.63) is 87.0 Å². The van der Waals surface area contributed by atoms with E-state index in [9.17, 15) is 19.7 Å². The van der Waals surface area contributed by atoms with Gasteiger partial charge in [0.2, 0.25) is 0 Å². The van der Waals surface area contributed by atoms with E-state index in [4.69, 9.17) is 21.4 Å². The Labute approximate surface area is 197 Å². The predicted octanol–water partition coefficient (Wildman–Crippen LogP) is 4.41. The number of thiocarbonyl (C=S) groups is 1. The molecule has 2 amide bonds. The molecule has 1 N–H and O–H groups in total. The van der Waals surface area contributed by atoms with Gasteiger partial charge in [-0.25, -0.2) is 0 Å². The topological polar surface area (TPSA) is 115 Å². The van der Waals surface area contributed by atoms with E-state index in [1.807, 2.05) is 0 Å². The summed E-state index contributed by atoms with van der Waals surface area (Å²) >= 11 is 6.23. The minimum atomic E-state index is -0.527. The molecule has 1 aliphatic rings. The van der Waals surface area contributed by atoms with E-state index < -0.39 is 16.7 Å². The molecule has 2 heterocycles. The molecule has 0 unspecified atom stereocenters. The lowest BCUT2D eigenvalue weighted by Crippen LogP contribution is -2.44. The number of nitrogens with one attached hydrogen (secondary N) is 1. The Morgan fingerprint density at radius 2 is 1.97 bits per heavy atom. The second-order valence-corrected chi connectivity index (χ2v) is 8.34. The Balaban J connectivity index is 1.55. The number of carbonyl (C=O) groups excluding carboxylic acids is 2. The second kappa shape index (κ2) is 9.27. The quantitative estimate of drug-likeness (QED) is 0.238. The van der Waals surface area contributed by atoms with E-state index in [1.54, 1.807) is 48.5 Å². The van der Waals surface area contributed by atoms with Crippen molar-refractivity contribution >= 4 is 51.9 Å². The molecule has 1 aliphatic heterocycles. The van der Waals surface area contributed by atoms with Gasteiger partial charge < -0.3 is 9.15 Å². The van der Waals surface area contributed by atoms with Gasteiger partial charge in [-0.3, -0.25) is 25.1 Å². The fourth-order valence-electron chi connectivity index (χ4n) is 3.02. The standard InChI is InChI=1S/C22H15N3O6S2/c1-30-14-7-9-16(17(11-14)25(28)29)18-10-8-15(31-18)12-19-21(27)24(22(32)33-19)23-20(26)13-5-3-2-4-6-13/h2-12H,1H3,(H,23,26). The molecule has 4 rings (SSSR count). The highest BCUT2D eigenvalue weighted by molar-refractivity contribution is 8.26. The van der Waals surface area contributed by atoms with Gasteiger partial charge in [-0.2, -0.15) is 5.01 Å². The Kier molecular flexibility index (Phi) is 6.24. The Morgan fingerprint density at radius 1 is 1.21 bits per heavy atom. The molecule has 1 saturated heterocycles. The Morgan fingerprint density at radius 3 is 2.67 bits per heavy atom. The first-order chi connectivity index (χ1) is 15.9. The van der Waals surface area contributed by atoms with Crippen LogP contribution >= 0.6 is 24.0 Å². The third kappa shape index (κ3) is 4.64. The van der Waals surface area contributed by atoms with E-state index in [0.29, 0.717) is 17.1 Å². The molecule has 0 spiro atoms. The van der Waals surface area contributed by atoms with Gasteiger partial charge in [0.05, 0.1) is 28.6 Å². The normalized spacial score (nSPS) is 14.6. The first-order valence-corrected chi connectivity index (χ1v) is 10.7. The number of thioether (sulfide) groups is 1. The maximum Gasteiger partial charge on any atom is 0.285 e. The zero-order chi connectivity index (χ0) is 23.5. The van der Waals surface area contributed by atoms with Crippen molar-refractivity contribution in [2.75, 3.05) is 7.11 Å². The number of amides is 2. The van der Waals surface area contributed by atoms with Crippen LogP contribution in [-0.4, -0.2) is 33.2 Å². The van der Waals surface area contributed by atoms with Crippen LogP contribution in [0.5, 0.6) is 5.75 Å². The highest BCUT2D eigenvalue weighted by Gasteiger charge is 2.34. The monoisotopic (exact) mass is 481 g/mol. The minimum absolute atomic E-state index is 0.160. The van der Waals surface area contributed by atoms with Gasteiger partial charge in [0.25, 0.3) is 17.5 Å². The van der Waals surface area contributed by atoms with Gasteiger partial charge >= 0.3 is 0 Å². The number of methoxy groups -OCH3 is 1. The zero-order valence-corrected chi connectivity index (χ0v) is 18.6. The number of furan rings is 1. The molecular formula is C22H15N3O6S2. The number of nitro groups is 1. The molecular weight excluding hydrogens is 466 g/mol. The summed E-state index contributed by atoms with van der Waals surface area (Å²) in [5.41, 5.74) is 2.97. The molecule has 33 heavy (non-hydrogen) atoms. The summed E-state index contributed by atoms with van der Waals surface area (Å²) in [5, 5.41) is 12.4. The molecule has 166 valence electrons. The predicted molar refractivity (Wildman–Crippen MR) is 126 cm³/mol. The summed E-state index contributed by atoms with van der Waals surface area (Å²) in [6.07, 6.45) is 1.47. The highest BCUT2D eigenvalue weighted by atomic mass is 32.2. The van der Waals surface area contributed by atoms with Gasteiger partial charge in [-0.15, -0.1) is 0 Å². The van der Waals surface area contributed by atoms with Crippen LogP contribution in [0.15, 0.2) is 70.0 Å². The summed E-state index contributed by atoms with van der Waals surface area (Å²) in [5.74, 6) is -0.0881. The molecule has 0 saturated carbocycles. The van der Waals surface area contributed by atoms with Crippen LogP contribution < -0.4 is 10.2 Å². The largest absolute Gasteiger partial charge is 0.497 e. The smallest absolute Gasteiger partial charge is 0.285 e. The first kappa shape index (κ1) is 22.2. The lowest BCUT2D eigenvalue weighted by molar-refractivity contribution is -0.384. The maximum absolute atomic E-state index is 12.8. The average molecular weight is 482 g/mol. The summed E-state index contributed by atoms with van der Waals surface area (Å²) in [6, 6.07) is 16.0. The lowest BCUT2D eigenvalue weighted by atomic mass is 10.1. The van der Waals surface area contributed by atoms with E-state index in [0.717, 1.165) is 16.8 Å². The van der Waals surface area contributed by atoms with Gasteiger partial charge in [-0.1, -0.05) is 30.0 Å². The van der Waals surface area contributed by atoms with Crippen LogP contribution in [0.4, 0.5) is 5.69 Å². The summed E-state index contributed by atoms with van der Waals surface area (Å²) in [6.45, 7) is 0. The van der Waals surface area contributed by atoms with Crippen LogP contribution in [0.3, 0.4) is 0 Å². The molecule has 0 bridgehead atoms. The number of nitro benzene ring substituents is 1. The molecule has 0 aliphatic carbocycles. The van der Waals surface area contributed by atoms with Crippen LogP contribution in [0.1, 0.15) is 16.1 Å². The van der Waals surface area contributed by atoms with Crippen LogP contribution in [0.25, 0.3) is 17.4 Å². The van der Waals surface area contributed by atoms with Gasteiger partial charge in [0.15, 0.2) is 4.32 Å². The van der Waals surface area contributed by atoms with Crippen molar-refractivity contribution in [1.82, 2.24) is 10.4 Å². The molecule has 11 heteroatoms. The molecule has 1 fully saturated rings. The lowest BCUT2D eigenvalue weighted by Gasteiger charge is -2.15. The van der Waals surface area contributed by atoms with Gasteiger partial charge in [0.1, 0.15) is 17.3 Å². The van der Waals surface area contributed by atoms with Crippen LogP contribution in [0.2, 0.25) is 0 Å². The average Bonchev–Trinajstić information content (AvgIpc) is 3.39. The molecule has 0 radical (unpaired) electrons. The zero-order valence-electron chi connectivity index (χ0n) is 17.0. The van der Waals surface area contributed by atoms with Crippen molar-refractivity contribution in [1.29, 1.82) is 0 Å². The van der Waals surface area contributed by atoms with Crippen LogP contribution in [-0.2, 0) is 4.79 Å². The number of rotatable bonds is 6. The number of nitrogens with zero attached hydrogens (tertiary/aromatic N) is 2. The van der Waals surface area contributed by atoms with Gasteiger partial charge in [0, 0.05) is 11.6 Å². The van der Waals surface area contributed by atoms with Crippen molar-refractivity contribution in [3.8, 4) is 17.1 Å². The van der Waals surface area contributed by atoms with Crippen LogP contribution in [0, 0.1) is 10.1 Å². The van der Waals surface area contributed by atoms with Crippen molar-refractivity contribution < 1.29 is 23.7 Å². The summed E-state index contributed by atoms with van der Waals surface area (Å²) < 4.78 is 10.9. The molecule has 1 aromatic heterocycles. The SMILES string of the molecule is COc1ccc(-c2ccc(C=C3SC(=S)N(NC(=O)c4ccccc4)C3=O)o2)c([N+](=O)[O-])c1. The minimum Gasteiger partial charge on any atom is -0.497 e. The Hall–Kier alpha value is -3.96. The van der Waals surface area contributed by atoms with E-state index in [2.05, 4.69) is 5.43 Å². The number of ether oxygens (including phenoxy) is 1. The summed E-state index contributed by atoms with van der Waals surface area (Å²) in [7, 11) is 1.42. The number of hydrogen-bond donors (Lipinski definition) is 1. The molecule has 0 atom stereocenters. The Bertz CT molecular complexity index is 1300. The highest BCUT2D eigenvalue weighted by Crippen LogP contribution is 2.36. The van der Waals surface area contributed by atoms with Crippen molar-refractivity contribution in [2.24, 2.45) is 0 Å². The molecule has 3 aromatic rings. The number of hydrazine groups is 1. The molecule has 9 nitrogen and oxygen atoms in total. The third-order valence-electron chi connectivity index (χ3n) is 4.61. The van der Waals surface area contributed by atoms with E-state index in [-0.39, 0.29) is 26.2 Å². The number of hydrogen-bond acceptors (Lipinski definition) is 8. The number of carbonyl (C=O) groups is 2. The fourth-order valence-corrected chi connectivity index (χ4v) is 4.18. The summed E-state index contributed by atoms with van der Waals surface area (Å²) in [4.78, 5) is 36.3. The third-order valence-corrected chi connectivity index (χ3v) is 5.91. The van der Waals surface area contributed by atoms with E-state index >= 15 is 0 Å². The fraction of sp³-hybridized carbons (Fsp3) is 0.0455. The van der Waals surface area contributed by atoms with Crippen molar-refractivity contribution in [2.45, 2.75) is 0 Å². The second-order valence-electron chi connectivity index (χ2n) is 6.67. The van der Waals surface area contributed by atoms with E-state index in [1.165, 1.54) is 25.3 Å². The van der Waals surface area contributed by atoms with Gasteiger partial charge in [-0.05, 0) is 48.6 Å². The maximum atomic E-state index is 12.8. The van der Waals surface area contributed by atoms with Crippen molar-refractivity contribution in [3.63, 3.8) is 0 Å².